The Kier molecular flexibility index (Phi) is 7.99. The van der Waals surface area contributed by atoms with Crippen molar-refractivity contribution in [3.05, 3.63) is 0 Å². The van der Waals surface area contributed by atoms with Gasteiger partial charge in [-0.15, -0.1) is 11.8 Å². The quantitative estimate of drug-likeness (QED) is 0.620. The lowest BCUT2D eigenvalue weighted by Crippen LogP contribution is -2.45. The second-order valence-corrected chi connectivity index (χ2v) is 11.8. The maximum Gasteiger partial charge on any atom is 0.242 e. The van der Waals surface area contributed by atoms with E-state index in [1.54, 1.807) is 0 Å². The van der Waals surface area contributed by atoms with Gasteiger partial charge in [-0.1, -0.05) is 0 Å². The molecule has 2 rings (SSSR count). The predicted octanol–water partition coefficient (Wildman–Crippen LogP) is 2.48. The number of likely N-dealkylation sites (tertiary alicyclic amines) is 1. The molecule has 2 N–H and O–H groups in total. The number of imide groups is 1. The summed E-state index contributed by atoms with van der Waals surface area (Å²) in [5.41, 5.74) is -0.555. The molecule has 1 saturated heterocycles. The number of rotatable bonds is 6. The van der Waals surface area contributed by atoms with Crippen LogP contribution in [0.25, 0.3) is 0 Å². The molecule has 0 aromatic heterocycles. The molecule has 1 atom stereocenters. The molecule has 1 heterocycles. The molecule has 2 aliphatic rings. The van der Waals surface area contributed by atoms with Crippen LogP contribution in [0.2, 0.25) is 0 Å². The fourth-order valence-electron chi connectivity index (χ4n) is 3.94. The largest absolute Gasteiger partial charge is 0.351 e. The van der Waals surface area contributed by atoms with E-state index < -0.39 is 5.25 Å². The summed E-state index contributed by atoms with van der Waals surface area (Å²) in [6.45, 7) is 12.1. The Bertz CT molecular complexity index is 673. The van der Waals surface area contributed by atoms with Gasteiger partial charge in [0.2, 0.25) is 23.6 Å². The Hall–Kier alpha value is -1.57. The lowest BCUT2D eigenvalue weighted by Gasteiger charge is -2.32. The van der Waals surface area contributed by atoms with Crippen LogP contribution >= 0.6 is 11.8 Å². The van der Waals surface area contributed by atoms with Crippen molar-refractivity contribution in [2.75, 3.05) is 12.3 Å². The second kappa shape index (κ2) is 9.71. The van der Waals surface area contributed by atoms with Crippen LogP contribution in [0.4, 0.5) is 0 Å². The van der Waals surface area contributed by atoms with E-state index in [0.717, 1.165) is 25.7 Å². The molecular weight excluding hydrogens is 402 g/mol. The molecule has 7 nitrogen and oxygen atoms in total. The summed E-state index contributed by atoms with van der Waals surface area (Å²) in [6.07, 6.45) is 3.41. The first-order chi connectivity index (χ1) is 13.7. The third-order valence-electron chi connectivity index (χ3n) is 5.29. The molecule has 170 valence electrons. The molecule has 0 radical (unpaired) electrons. The number of carbonyl (C=O) groups is 4. The zero-order valence-electron chi connectivity index (χ0n) is 19.2. The Balaban J connectivity index is 1.80. The van der Waals surface area contributed by atoms with Gasteiger partial charge in [0.25, 0.3) is 0 Å². The highest BCUT2D eigenvalue weighted by Gasteiger charge is 2.40. The van der Waals surface area contributed by atoms with E-state index in [1.165, 1.54) is 16.7 Å². The van der Waals surface area contributed by atoms with Crippen LogP contribution < -0.4 is 10.6 Å². The highest BCUT2D eigenvalue weighted by atomic mass is 32.2. The lowest BCUT2D eigenvalue weighted by atomic mass is 9.81. The molecule has 0 spiro atoms. The normalized spacial score (nSPS) is 25.4. The number of nitrogens with one attached hydrogen (secondary N) is 2. The van der Waals surface area contributed by atoms with Gasteiger partial charge >= 0.3 is 0 Å². The minimum Gasteiger partial charge on any atom is -0.351 e. The summed E-state index contributed by atoms with van der Waals surface area (Å²) in [7, 11) is 0. The van der Waals surface area contributed by atoms with E-state index in [-0.39, 0.29) is 58.7 Å². The molecular formula is C22H37N3O4S. The van der Waals surface area contributed by atoms with E-state index in [1.807, 2.05) is 41.5 Å². The third kappa shape index (κ3) is 7.60. The molecule has 1 aliphatic heterocycles. The van der Waals surface area contributed by atoms with Crippen molar-refractivity contribution in [1.82, 2.24) is 15.5 Å². The SMILES string of the molecule is CC(C)(C)NC(=O)CSC1CC(=O)N(CC2CCC(C(=O)NC(C)(C)C)CC2)C1=O. The van der Waals surface area contributed by atoms with Crippen LogP contribution in [-0.2, 0) is 19.2 Å². The van der Waals surface area contributed by atoms with Crippen LogP contribution in [0.5, 0.6) is 0 Å². The average Bonchev–Trinajstić information content (AvgIpc) is 2.85. The van der Waals surface area contributed by atoms with Gasteiger partial charge in [-0.3, -0.25) is 24.1 Å². The smallest absolute Gasteiger partial charge is 0.242 e. The summed E-state index contributed by atoms with van der Waals surface area (Å²) in [6, 6.07) is 0. The van der Waals surface area contributed by atoms with Gasteiger partial charge in [-0.2, -0.15) is 0 Å². The highest BCUT2D eigenvalue weighted by Crippen LogP contribution is 2.32. The van der Waals surface area contributed by atoms with E-state index in [4.69, 9.17) is 0 Å². The summed E-state index contributed by atoms with van der Waals surface area (Å²) in [4.78, 5) is 50.8. The van der Waals surface area contributed by atoms with Crippen molar-refractivity contribution >= 4 is 35.4 Å². The van der Waals surface area contributed by atoms with Gasteiger partial charge in [0.15, 0.2) is 0 Å². The number of nitrogens with zero attached hydrogens (tertiary/aromatic N) is 1. The van der Waals surface area contributed by atoms with Crippen molar-refractivity contribution in [2.45, 2.75) is 90.0 Å². The molecule has 2 fully saturated rings. The number of hydrogen-bond donors (Lipinski definition) is 2. The molecule has 1 saturated carbocycles. The van der Waals surface area contributed by atoms with Gasteiger partial charge in [0, 0.05) is 30.0 Å². The standard InChI is InChI=1S/C22H37N3O4S/c1-21(2,3)23-17(26)13-30-16-11-18(27)25(20(16)29)12-14-7-9-15(10-8-14)19(28)24-22(4,5)6/h14-16H,7-13H2,1-6H3,(H,23,26)(H,24,28). The molecule has 8 heteroatoms. The number of amides is 4. The molecule has 0 bridgehead atoms. The minimum absolute atomic E-state index is 0.00934. The van der Waals surface area contributed by atoms with E-state index in [9.17, 15) is 19.2 Å². The van der Waals surface area contributed by atoms with E-state index in [2.05, 4.69) is 10.6 Å². The molecule has 1 unspecified atom stereocenters. The van der Waals surface area contributed by atoms with E-state index >= 15 is 0 Å². The van der Waals surface area contributed by atoms with Gasteiger partial charge in [0.05, 0.1) is 11.0 Å². The van der Waals surface area contributed by atoms with Crippen molar-refractivity contribution in [3.63, 3.8) is 0 Å². The highest BCUT2D eigenvalue weighted by molar-refractivity contribution is 8.01. The predicted molar refractivity (Wildman–Crippen MR) is 119 cm³/mol. The van der Waals surface area contributed by atoms with Crippen LogP contribution in [-0.4, -0.2) is 57.2 Å². The minimum atomic E-state index is -0.475. The number of thioether (sulfide) groups is 1. The lowest BCUT2D eigenvalue weighted by molar-refractivity contribution is -0.139. The topological polar surface area (TPSA) is 95.6 Å². The van der Waals surface area contributed by atoms with Gasteiger partial charge in [-0.25, -0.2) is 0 Å². The van der Waals surface area contributed by atoms with Gasteiger partial charge in [0.1, 0.15) is 0 Å². The van der Waals surface area contributed by atoms with Crippen molar-refractivity contribution < 1.29 is 19.2 Å². The molecule has 1 aliphatic carbocycles. The van der Waals surface area contributed by atoms with Crippen molar-refractivity contribution in [1.29, 1.82) is 0 Å². The molecule has 0 aromatic rings. The average molecular weight is 440 g/mol. The van der Waals surface area contributed by atoms with Crippen molar-refractivity contribution in [3.8, 4) is 0 Å². The first-order valence-electron chi connectivity index (χ1n) is 10.8. The number of carbonyl (C=O) groups excluding carboxylic acids is 4. The van der Waals surface area contributed by atoms with Crippen LogP contribution in [0, 0.1) is 11.8 Å². The molecule has 4 amide bonds. The third-order valence-corrected chi connectivity index (χ3v) is 6.49. The summed E-state index contributed by atoms with van der Waals surface area (Å²) in [5, 5.41) is 5.44. The monoisotopic (exact) mass is 439 g/mol. The van der Waals surface area contributed by atoms with Crippen LogP contribution in [0.3, 0.4) is 0 Å². The van der Waals surface area contributed by atoms with Crippen LogP contribution in [0.1, 0.15) is 73.6 Å². The Morgan fingerprint density at radius 3 is 2.07 bits per heavy atom. The Morgan fingerprint density at radius 2 is 1.53 bits per heavy atom. The first-order valence-corrected chi connectivity index (χ1v) is 11.9. The fourth-order valence-corrected chi connectivity index (χ4v) is 4.90. The van der Waals surface area contributed by atoms with Crippen LogP contribution in [0.15, 0.2) is 0 Å². The molecule has 0 aromatic carbocycles. The fraction of sp³-hybridized carbons (Fsp3) is 0.818. The Labute approximate surface area is 184 Å². The van der Waals surface area contributed by atoms with E-state index in [0.29, 0.717) is 6.54 Å². The van der Waals surface area contributed by atoms with Gasteiger partial charge < -0.3 is 10.6 Å². The number of hydrogen-bond acceptors (Lipinski definition) is 5. The van der Waals surface area contributed by atoms with Crippen molar-refractivity contribution in [2.24, 2.45) is 11.8 Å². The maximum atomic E-state index is 12.7. The summed E-state index contributed by atoms with van der Waals surface area (Å²) < 4.78 is 0. The molecule has 30 heavy (non-hydrogen) atoms. The Morgan fingerprint density at radius 1 is 0.967 bits per heavy atom. The maximum absolute atomic E-state index is 12.7. The second-order valence-electron chi connectivity index (χ2n) is 10.6. The summed E-state index contributed by atoms with van der Waals surface area (Å²) in [5.74, 6) is 0.0578. The zero-order valence-corrected chi connectivity index (χ0v) is 20.0. The van der Waals surface area contributed by atoms with Gasteiger partial charge in [-0.05, 0) is 73.1 Å². The summed E-state index contributed by atoms with van der Waals surface area (Å²) >= 11 is 1.24. The zero-order chi connectivity index (χ0) is 22.7. The first kappa shape index (κ1) is 24.7.